The van der Waals surface area contributed by atoms with Crippen molar-refractivity contribution in [1.29, 1.82) is 0 Å². The van der Waals surface area contributed by atoms with Crippen LogP contribution in [-0.4, -0.2) is 17.2 Å². The van der Waals surface area contributed by atoms with Crippen molar-refractivity contribution in [2.75, 3.05) is 0 Å². The third-order valence-corrected chi connectivity index (χ3v) is 2.89. The molecule has 0 aromatic rings. The number of carbonyl (C=O) groups excluding carboxylic acids is 1. The van der Waals surface area contributed by atoms with Gasteiger partial charge in [0.2, 0.25) is 0 Å². The molecule has 0 unspecified atom stereocenters. The summed E-state index contributed by atoms with van der Waals surface area (Å²) in [5.74, 6) is -0.442. The number of carbonyl (C=O) groups is 1. The Bertz CT molecular complexity index is 254. The van der Waals surface area contributed by atoms with E-state index in [9.17, 15) is 4.79 Å². The summed E-state index contributed by atoms with van der Waals surface area (Å²) >= 11 is 0. The summed E-state index contributed by atoms with van der Waals surface area (Å²) in [7, 11) is 0. The lowest BCUT2D eigenvalue weighted by Crippen LogP contribution is -2.34. The van der Waals surface area contributed by atoms with Crippen LogP contribution in [0.2, 0.25) is 0 Å². The Labute approximate surface area is 77.1 Å². The molecular weight excluding hydrogens is 168 g/mol. The van der Waals surface area contributed by atoms with Gasteiger partial charge in [0.15, 0.2) is 0 Å². The maximum absolute atomic E-state index is 10.8. The molecule has 0 aromatic heterocycles. The van der Waals surface area contributed by atoms with Crippen LogP contribution in [0.15, 0.2) is 5.16 Å². The van der Waals surface area contributed by atoms with E-state index in [4.69, 9.17) is 10.6 Å². The highest BCUT2D eigenvalue weighted by Gasteiger charge is 2.41. The number of nitrogens with zero attached hydrogens (tertiary/aromatic N) is 1. The van der Waals surface area contributed by atoms with Gasteiger partial charge in [-0.1, -0.05) is 11.6 Å². The number of oxime groups is 1. The first-order valence-electron chi connectivity index (χ1n) is 4.77. The topological polar surface area (TPSA) is 64.7 Å². The van der Waals surface area contributed by atoms with E-state index in [1.165, 1.54) is 19.3 Å². The van der Waals surface area contributed by atoms with E-state index in [2.05, 4.69) is 5.16 Å². The van der Waals surface area contributed by atoms with Crippen LogP contribution in [0.5, 0.6) is 0 Å². The monoisotopic (exact) mass is 182 g/mol. The van der Waals surface area contributed by atoms with Crippen molar-refractivity contribution in [2.45, 2.75) is 44.1 Å². The van der Waals surface area contributed by atoms with Crippen molar-refractivity contribution in [3.05, 3.63) is 0 Å². The van der Waals surface area contributed by atoms with E-state index >= 15 is 0 Å². The van der Waals surface area contributed by atoms with Gasteiger partial charge in [-0.25, -0.2) is 0 Å². The van der Waals surface area contributed by atoms with Crippen molar-refractivity contribution in [3.8, 4) is 0 Å². The summed E-state index contributed by atoms with van der Waals surface area (Å²) in [5, 5.41) is 3.75. The minimum absolute atomic E-state index is 0.178. The molecule has 72 valence electrons. The van der Waals surface area contributed by atoms with Crippen LogP contribution in [-0.2, 0) is 9.63 Å². The SMILES string of the molecule is NC(=O)C1=NOC2(CCCCC2)C1. The molecule has 2 aliphatic rings. The number of rotatable bonds is 1. The van der Waals surface area contributed by atoms with Gasteiger partial charge in [-0.05, 0) is 25.7 Å². The fraction of sp³-hybridized carbons (Fsp3) is 0.778. The summed E-state index contributed by atoms with van der Waals surface area (Å²) in [5.41, 5.74) is 5.36. The molecule has 4 nitrogen and oxygen atoms in total. The van der Waals surface area contributed by atoms with Gasteiger partial charge in [0.25, 0.3) is 5.91 Å². The molecule has 1 amide bonds. The Hall–Kier alpha value is -1.06. The maximum Gasteiger partial charge on any atom is 0.266 e. The molecule has 0 radical (unpaired) electrons. The first-order valence-corrected chi connectivity index (χ1v) is 4.77. The number of primary amides is 1. The van der Waals surface area contributed by atoms with Crippen LogP contribution in [0.1, 0.15) is 38.5 Å². The van der Waals surface area contributed by atoms with E-state index in [1.54, 1.807) is 0 Å². The van der Waals surface area contributed by atoms with E-state index in [-0.39, 0.29) is 5.60 Å². The number of amides is 1. The van der Waals surface area contributed by atoms with Crippen molar-refractivity contribution in [2.24, 2.45) is 10.9 Å². The largest absolute Gasteiger partial charge is 0.388 e. The lowest BCUT2D eigenvalue weighted by molar-refractivity contribution is -0.112. The second kappa shape index (κ2) is 3.01. The standard InChI is InChI=1S/C9H14N2O2/c10-8(12)7-6-9(13-11-7)4-2-1-3-5-9/h1-6H2,(H2,10,12). The zero-order valence-corrected chi connectivity index (χ0v) is 7.58. The molecule has 0 saturated heterocycles. The van der Waals surface area contributed by atoms with Crippen LogP contribution in [0.25, 0.3) is 0 Å². The molecule has 0 bridgehead atoms. The first-order chi connectivity index (χ1) is 6.22. The molecule has 1 heterocycles. The van der Waals surface area contributed by atoms with Crippen LogP contribution < -0.4 is 5.73 Å². The fourth-order valence-corrected chi connectivity index (χ4v) is 2.12. The van der Waals surface area contributed by atoms with Crippen molar-refractivity contribution in [3.63, 3.8) is 0 Å². The average Bonchev–Trinajstić information content (AvgIpc) is 2.51. The zero-order chi connectivity index (χ0) is 9.31. The lowest BCUT2D eigenvalue weighted by atomic mass is 9.81. The first kappa shape index (κ1) is 8.53. The van der Waals surface area contributed by atoms with Gasteiger partial charge in [0.1, 0.15) is 11.3 Å². The normalized spacial score (nSPS) is 25.4. The van der Waals surface area contributed by atoms with Gasteiger partial charge >= 0.3 is 0 Å². The van der Waals surface area contributed by atoms with Crippen LogP contribution in [0, 0.1) is 0 Å². The molecule has 0 atom stereocenters. The Balaban J connectivity index is 2.02. The number of nitrogens with two attached hydrogens (primary N) is 1. The smallest absolute Gasteiger partial charge is 0.266 e. The molecule has 1 aliphatic carbocycles. The van der Waals surface area contributed by atoms with Gasteiger partial charge < -0.3 is 10.6 Å². The molecule has 13 heavy (non-hydrogen) atoms. The Morgan fingerprint density at radius 1 is 1.38 bits per heavy atom. The second-order valence-electron chi connectivity index (χ2n) is 3.91. The zero-order valence-electron chi connectivity index (χ0n) is 7.58. The molecular formula is C9H14N2O2. The van der Waals surface area contributed by atoms with Gasteiger partial charge in [-0.15, -0.1) is 0 Å². The predicted molar refractivity (Wildman–Crippen MR) is 48.1 cm³/mol. The third-order valence-electron chi connectivity index (χ3n) is 2.89. The predicted octanol–water partition coefficient (Wildman–Crippen LogP) is 0.951. The third kappa shape index (κ3) is 1.53. The Kier molecular flexibility index (Phi) is 1.98. The van der Waals surface area contributed by atoms with E-state index in [0.29, 0.717) is 12.1 Å². The van der Waals surface area contributed by atoms with Crippen molar-refractivity contribution >= 4 is 11.6 Å². The van der Waals surface area contributed by atoms with Gasteiger partial charge in [-0.2, -0.15) is 0 Å². The highest BCUT2D eigenvalue weighted by molar-refractivity contribution is 6.38. The molecule has 2 N–H and O–H groups in total. The van der Waals surface area contributed by atoms with Gasteiger partial charge in [0.05, 0.1) is 0 Å². The summed E-state index contributed by atoms with van der Waals surface area (Å²) in [6.45, 7) is 0. The average molecular weight is 182 g/mol. The quantitative estimate of drug-likeness (QED) is 0.656. The lowest BCUT2D eigenvalue weighted by Gasteiger charge is -2.30. The van der Waals surface area contributed by atoms with E-state index in [1.807, 2.05) is 0 Å². The van der Waals surface area contributed by atoms with Gasteiger partial charge in [0, 0.05) is 6.42 Å². The maximum atomic E-state index is 10.8. The molecule has 1 saturated carbocycles. The molecule has 2 rings (SSSR count). The molecule has 1 fully saturated rings. The minimum Gasteiger partial charge on any atom is -0.388 e. The summed E-state index contributed by atoms with van der Waals surface area (Å²) < 4.78 is 0. The fourth-order valence-electron chi connectivity index (χ4n) is 2.12. The highest BCUT2D eigenvalue weighted by Crippen LogP contribution is 2.38. The van der Waals surface area contributed by atoms with Crippen molar-refractivity contribution in [1.82, 2.24) is 0 Å². The van der Waals surface area contributed by atoms with Crippen LogP contribution in [0.3, 0.4) is 0 Å². The Morgan fingerprint density at radius 3 is 2.62 bits per heavy atom. The van der Waals surface area contributed by atoms with Crippen molar-refractivity contribution < 1.29 is 9.63 Å². The van der Waals surface area contributed by atoms with Gasteiger partial charge in [-0.3, -0.25) is 4.79 Å². The molecule has 4 heteroatoms. The molecule has 1 spiro atoms. The number of hydrogen-bond donors (Lipinski definition) is 1. The van der Waals surface area contributed by atoms with E-state index < -0.39 is 5.91 Å². The second-order valence-corrected chi connectivity index (χ2v) is 3.91. The molecule has 1 aliphatic heterocycles. The molecule has 0 aromatic carbocycles. The minimum atomic E-state index is -0.442. The number of hydrogen-bond acceptors (Lipinski definition) is 3. The van der Waals surface area contributed by atoms with Crippen LogP contribution in [0.4, 0.5) is 0 Å². The summed E-state index contributed by atoms with van der Waals surface area (Å²) in [6, 6.07) is 0. The van der Waals surface area contributed by atoms with E-state index in [0.717, 1.165) is 12.8 Å². The summed E-state index contributed by atoms with van der Waals surface area (Å²) in [6.07, 6.45) is 6.23. The summed E-state index contributed by atoms with van der Waals surface area (Å²) in [4.78, 5) is 16.2. The van der Waals surface area contributed by atoms with Crippen LogP contribution >= 0.6 is 0 Å². The highest BCUT2D eigenvalue weighted by atomic mass is 16.7. The Morgan fingerprint density at radius 2 is 2.08 bits per heavy atom.